The van der Waals surface area contributed by atoms with E-state index >= 15 is 0 Å². The molecule has 0 unspecified atom stereocenters. The van der Waals surface area contributed by atoms with E-state index in [4.69, 9.17) is 10.5 Å². The molecular formula is C16H20N2O. The molecule has 0 amide bonds. The van der Waals surface area contributed by atoms with E-state index in [0.717, 1.165) is 35.7 Å². The minimum atomic E-state index is 0.547. The molecule has 0 aliphatic rings. The summed E-state index contributed by atoms with van der Waals surface area (Å²) in [6, 6.07) is 15.8. The molecule has 0 radical (unpaired) electrons. The molecule has 0 aliphatic carbocycles. The maximum Gasteiger partial charge on any atom is 0.145 e. The Kier molecular flexibility index (Phi) is 4.67. The smallest absolute Gasteiger partial charge is 0.145 e. The molecule has 3 nitrogen and oxygen atoms in total. The third-order valence-corrected chi connectivity index (χ3v) is 2.85. The van der Waals surface area contributed by atoms with E-state index in [9.17, 15) is 0 Å². The van der Waals surface area contributed by atoms with E-state index in [0.29, 0.717) is 6.61 Å². The number of hydrogen-bond donors (Lipinski definition) is 2. The first kappa shape index (κ1) is 13.3. The topological polar surface area (TPSA) is 47.3 Å². The fourth-order valence-electron chi connectivity index (χ4n) is 1.84. The summed E-state index contributed by atoms with van der Waals surface area (Å²) in [5.41, 5.74) is 8.74. The molecule has 19 heavy (non-hydrogen) atoms. The normalized spacial score (nSPS) is 10.2. The Morgan fingerprint density at radius 1 is 1.05 bits per heavy atom. The maximum absolute atomic E-state index is 5.99. The van der Waals surface area contributed by atoms with E-state index in [1.54, 1.807) is 0 Å². The second-order valence-electron chi connectivity index (χ2n) is 4.42. The fraction of sp³-hybridized carbons (Fsp3) is 0.250. The third-order valence-electron chi connectivity index (χ3n) is 2.85. The molecule has 0 heterocycles. The zero-order valence-corrected chi connectivity index (χ0v) is 11.2. The molecule has 0 spiro atoms. The highest BCUT2D eigenvalue weighted by atomic mass is 16.5. The minimum absolute atomic E-state index is 0.547. The lowest BCUT2D eigenvalue weighted by Gasteiger charge is -2.15. The lowest BCUT2D eigenvalue weighted by molar-refractivity contribution is 0.308. The number of benzene rings is 2. The van der Waals surface area contributed by atoms with Gasteiger partial charge in [-0.3, -0.25) is 0 Å². The van der Waals surface area contributed by atoms with Crippen LogP contribution in [0.2, 0.25) is 0 Å². The Balaban J connectivity index is 2.09. The van der Waals surface area contributed by atoms with Crippen molar-refractivity contribution in [2.24, 2.45) is 0 Å². The zero-order valence-electron chi connectivity index (χ0n) is 11.2. The van der Waals surface area contributed by atoms with Gasteiger partial charge in [-0.1, -0.05) is 43.3 Å². The van der Waals surface area contributed by atoms with Crippen molar-refractivity contribution in [2.45, 2.75) is 20.0 Å². The van der Waals surface area contributed by atoms with Crippen molar-refractivity contribution in [1.82, 2.24) is 0 Å². The van der Waals surface area contributed by atoms with Crippen LogP contribution in [0.4, 0.5) is 11.4 Å². The van der Waals surface area contributed by atoms with E-state index in [1.807, 2.05) is 48.5 Å². The summed E-state index contributed by atoms with van der Waals surface area (Å²) in [5.74, 6) is 0.803. The van der Waals surface area contributed by atoms with Crippen LogP contribution in [0.15, 0.2) is 48.5 Å². The number of hydrogen-bond acceptors (Lipinski definition) is 3. The van der Waals surface area contributed by atoms with E-state index in [1.165, 1.54) is 0 Å². The number of nitrogens with one attached hydrogen (secondary N) is 1. The van der Waals surface area contributed by atoms with E-state index in [-0.39, 0.29) is 0 Å². The molecule has 0 bridgehead atoms. The number of nitrogen functional groups attached to an aromatic ring is 1. The first-order chi connectivity index (χ1) is 9.31. The molecule has 2 rings (SSSR count). The van der Waals surface area contributed by atoms with Gasteiger partial charge in [0, 0.05) is 6.54 Å². The number of ether oxygens (including phenoxy) is 1. The van der Waals surface area contributed by atoms with Crippen LogP contribution in [0.25, 0.3) is 0 Å². The second-order valence-corrected chi connectivity index (χ2v) is 4.42. The largest absolute Gasteiger partial charge is 0.487 e. The van der Waals surface area contributed by atoms with Crippen molar-refractivity contribution in [1.29, 1.82) is 0 Å². The Hall–Kier alpha value is -2.16. The van der Waals surface area contributed by atoms with Crippen LogP contribution in [-0.2, 0) is 6.61 Å². The van der Waals surface area contributed by atoms with Crippen LogP contribution in [-0.4, -0.2) is 6.54 Å². The van der Waals surface area contributed by atoms with Gasteiger partial charge in [-0.05, 0) is 24.1 Å². The lowest BCUT2D eigenvalue weighted by atomic mass is 10.2. The van der Waals surface area contributed by atoms with Crippen molar-refractivity contribution < 1.29 is 4.74 Å². The van der Waals surface area contributed by atoms with E-state index in [2.05, 4.69) is 12.2 Å². The fourth-order valence-corrected chi connectivity index (χ4v) is 1.84. The summed E-state index contributed by atoms with van der Waals surface area (Å²) in [4.78, 5) is 0. The third kappa shape index (κ3) is 3.65. The van der Waals surface area contributed by atoms with Gasteiger partial charge in [0.25, 0.3) is 0 Å². The van der Waals surface area contributed by atoms with Crippen LogP contribution >= 0.6 is 0 Å². The summed E-state index contributed by atoms with van der Waals surface area (Å²) in [6.07, 6.45) is 1.05. The number of nitrogens with two attached hydrogens (primary N) is 1. The van der Waals surface area contributed by atoms with Crippen molar-refractivity contribution >= 4 is 11.4 Å². The standard InChI is InChI=1S/C16H20N2O/c1-2-11-18-16-14(17)9-6-10-15(16)19-12-13-7-4-3-5-8-13/h3-10,18H,2,11-12,17H2,1H3. The van der Waals surface area contributed by atoms with Crippen LogP contribution in [0.5, 0.6) is 5.75 Å². The van der Waals surface area contributed by atoms with Crippen molar-refractivity contribution in [3.05, 3.63) is 54.1 Å². The lowest BCUT2D eigenvalue weighted by Crippen LogP contribution is -2.06. The van der Waals surface area contributed by atoms with Gasteiger partial charge >= 0.3 is 0 Å². The van der Waals surface area contributed by atoms with Crippen LogP contribution in [0.3, 0.4) is 0 Å². The van der Waals surface area contributed by atoms with Crippen molar-refractivity contribution in [3.63, 3.8) is 0 Å². The number of para-hydroxylation sites is 1. The highest BCUT2D eigenvalue weighted by molar-refractivity contribution is 5.73. The summed E-state index contributed by atoms with van der Waals surface area (Å²) >= 11 is 0. The quantitative estimate of drug-likeness (QED) is 0.775. The van der Waals surface area contributed by atoms with Gasteiger partial charge in [-0.25, -0.2) is 0 Å². The maximum atomic E-state index is 5.99. The predicted octanol–water partition coefficient (Wildman–Crippen LogP) is 3.67. The predicted molar refractivity (Wildman–Crippen MR) is 80.4 cm³/mol. The molecule has 0 atom stereocenters. The van der Waals surface area contributed by atoms with Crippen LogP contribution < -0.4 is 15.8 Å². The first-order valence-electron chi connectivity index (χ1n) is 6.60. The summed E-state index contributed by atoms with van der Waals surface area (Å²) in [6.45, 7) is 3.55. The van der Waals surface area contributed by atoms with Crippen molar-refractivity contribution in [3.8, 4) is 5.75 Å². The molecule has 0 saturated carbocycles. The summed E-state index contributed by atoms with van der Waals surface area (Å²) in [7, 11) is 0. The molecule has 0 aliphatic heterocycles. The Bertz CT molecular complexity index is 511. The van der Waals surface area contributed by atoms with Gasteiger partial charge in [0.05, 0.1) is 5.69 Å². The molecule has 0 fully saturated rings. The second kappa shape index (κ2) is 6.69. The average Bonchev–Trinajstić information content (AvgIpc) is 2.45. The van der Waals surface area contributed by atoms with Crippen molar-refractivity contribution in [2.75, 3.05) is 17.6 Å². The molecule has 100 valence electrons. The highest BCUT2D eigenvalue weighted by Gasteiger charge is 2.06. The monoisotopic (exact) mass is 256 g/mol. The molecule has 2 aromatic rings. The van der Waals surface area contributed by atoms with Crippen LogP contribution in [0, 0.1) is 0 Å². The first-order valence-corrected chi connectivity index (χ1v) is 6.60. The van der Waals surface area contributed by atoms with Crippen LogP contribution in [0.1, 0.15) is 18.9 Å². The number of rotatable bonds is 6. The molecular weight excluding hydrogens is 236 g/mol. The van der Waals surface area contributed by atoms with Gasteiger partial charge < -0.3 is 15.8 Å². The Morgan fingerprint density at radius 3 is 2.58 bits per heavy atom. The molecule has 3 heteroatoms. The SMILES string of the molecule is CCCNc1c(N)cccc1OCc1ccccc1. The minimum Gasteiger partial charge on any atom is -0.487 e. The Labute approximate surface area is 114 Å². The molecule has 3 N–H and O–H groups in total. The molecule has 2 aromatic carbocycles. The highest BCUT2D eigenvalue weighted by Crippen LogP contribution is 2.31. The van der Waals surface area contributed by atoms with Gasteiger partial charge in [-0.15, -0.1) is 0 Å². The molecule has 0 aromatic heterocycles. The summed E-state index contributed by atoms with van der Waals surface area (Å²) in [5, 5.41) is 3.32. The number of anilines is 2. The zero-order chi connectivity index (χ0) is 13.5. The summed E-state index contributed by atoms with van der Waals surface area (Å²) < 4.78 is 5.86. The Morgan fingerprint density at radius 2 is 1.84 bits per heavy atom. The molecule has 0 saturated heterocycles. The van der Waals surface area contributed by atoms with Gasteiger partial charge in [-0.2, -0.15) is 0 Å². The van der Waals surface area contributed by atoms with E-state index < -0.39 is 0 Å². The van der Waals surface area contributed by atoms with Gasteiger partial charge in [0.2, 0.25) is 0 Å². The van der Waals surface area contributed by atoms with Gasteiger partial charge in [0.15, 0.2) is 0 Å². The van der Waals surface area contributed by atoms with Gasteiger partial charge in [0.1, 0.15) is 18.0 Å². The average molecular weight is 256 g/mol.